The number of aromatic hydroxyl groups is 2. The van der Waals surface area contributed by atoms with Crippen molar-refractivity contribution in [2.75, 3.05) is 17.4 Å². The summed E-state index contributed by atoms with van der Waals surface area (Å²) in [5.74, 6) is -0.828. The van der Waals surface area contributed by atoms with Gasteiger partial charge in [-0.1, -0.05) is 12.1 Å². The Morgan fingerprint density at radius 1 is 1.13 bits per heavy atom. The molecule has 3 N–H and O–H groups in total. The Balaban J connectivity index is 1.79. The van der Waals surface area contributed by atoms with E-state index in [2.05, 4.69) is 9.71 Å². The van der Waals surface area contributed by atoms with E-state index in [0.29, 0.717) is 29.4 Å². The van der Waals surface area contributed by atoms with Gasteiger partial charge >= 0.3 is 10.2 Å². The highest BCUT2D eigenvalue weighted by molar-refractivity contribution is 7.91. The van der Waals surface area contributed by atoms with Gasteiger partial charge in [0.05, 0.1) is 17.6 Å². The summed E-state index contributed by atoms with van der Waals surface area (Å²) in [5.41, 5.74) is 1.27. The van der Waals surface area contributed by atoms with Crippen LogP contribution in [0.3, 0.4) is 0 Å². The van der Waals surface area contributed by atoms with Gasteiger partial charge in [-0.15, -0.1) is 0 Å². The van der Waals surface area contributed by atoms with Crippen molar-refractivity contribution >= 4 is 37.6 Å². The molecule has 31 heavy (non-hydrogen) atoms. The molecule has 0 radical (unpaired) electrons. The summed E-state index contributed by atoms with van der Waals surface area (Å²) in [6, 6.07) is 9.19. The molecule has 1 aliphatic rings. The maximum absolute atomic E-state index is 13.3. The molecule has 4 aromatic rings. The molecule has 0 amide bonds. The van der Waals surface area contributed by atoms with Crippen molar-refractivity contribution in [3.05, 3.63) is 60.2 Å². The number of nitrogens with zero attached hydrogens (tertiary/aromatic N) is 3. The summed E-state index contributed by atoms with van der Waals surface area (Å²) < 4.78 is 44.1. The fourth-order valence-corrected chi connectivity index (χ4v) is 5.40. The van der Waals surface area contributed by atoms with E-state index in [1.54, 1.807) is 30.5 Å². The third-order valence-corrected chi connectivity index (χ3v) is 6.97. The SMILES string of the molecule is O=S1(=O)NCCCN1c1c2cccnc2c(O)c2c(O)n(Cc3ccc(F)cc3)cc12. The monoisotopic (exact) mass is 442 g/mol. The van der Waals surface area contributed by atoms with E-state index >= 15 is 0 Å². The van der Waals surface area contributed by atoms with E-state index in [0.717, 1.165) is 5.56 Å². The van der Waals surface area contributed by atoms with E-state index in [1.807, 2.05) is 0 Å². The first-order valence-electron chi connectivity index (χ1n) is 9.70. The zero-order valence-electron chi connectivity index (χ0n) is 16.3. The van der Waals surface area contributed by atoms with Crippen LogP contribution in [0.15, 0.2) is 48.8 Å². The number of pyridine rings is 1. The number of phenols is 1. The minimum atomic E-state index is -3.80. The van der Waals surface area contributed by atoms with Crippen LogP contribution in [0.5, 0.6) is 11.6 Å². The number of fused-ring (bicyclic) bond motifs is 2. The van der Waals surface area contributed by atoms with Crippen molar-refractivity contribution in [1.29, 1.82) is 0 Å². The number of anilines is 1. The molecule has 1 saturated heterocycles. The van der Waals surface area contributed by atoms with E-state index in [-0.39, 0.29) is 41.4 Å². The fourth-order valence-electron chi connectivity index (χ4n) is 4.04. The molecule has 5 rings (SSSR count). The predicted molar refractivity (Wildman–Crippen MR) is 115 cm³/mol. The molecule has 1 fully saturated rings. The van der Waals surface area contributed by atoms with E-state index in [4.69, 9.17) is 0 Å². The molecule has 0 saturated carbocycles. The normalized spacial score (nSPS) is 16.2. The quantitative estimate of drug-likeness (QED) is 0.452. The Hall–Kier alpha value is -3.37. The van der Waals surface area contributed by atoms with Crippen LogP contribution in [0.1, 0.15) is 12.0 Å². The number of hydrogen-bond donors (Lipinski definition) is 3. The van der Waals surface area contributed by atoms with Gasteiger partial charge in [0.1, 0.15) is 11.3 Å². The summed E-state index contributed by atoms with van der Waals surface area (Å²) in [6.45, 7) is 0.796. The molecule has 2 aromatic heterocycles. The van der Waals surface area contributed by atoms with Gasteiger partial charge in [0.15, 0.2) is 5.75 Å². The lowest BCUT2D eigenvalue weighted by molar-refractivity contribution is 0.425. The minimum Gasteiger partial charge on any atom is -0.505 e. The Labute approximate surface area is 177 Å². The second-order valence-electron chi connectivity index (χ2n) is 7.42. The van der Waals surface area contributed by atoms with Gasteiger partial charge in [-0.3, -0.25) is 9.29 Å². The standard InChI is InChI=1S/C21H19FN4O4S/c22-14-6-4-13(5-7-14)11-25-12-16-17(21(25)28)20(27)18-15(3-1-8-23-18)19(16)26-10-2-9-24-31(26,29)30/h1,3-8,12,24,27-28H,2,9-11H2. The highest BCUT2D eigenvalue weighted by Gasteiger charge is 2.31. The molecular weight excluding hydrogens is 423 g/mol. The van der Waals surface area contributed by atoms with Crippen LogP contribution in [0.25, 0.3) is 21.7 Å². The average Bonchev–Trinajstić information content (AvgIpc) is 3.07. The van der Waals surface area contributed by atoms with Crippen LogP contribution >= 0.6 is 0 Å². The molecule has 3 heterocycles. The molecular formula is C21H19FN4O4S. The first kappa shape index (κ1) is 19.6. The van der Waals surface area contributed by atoms with Gasteiger partial charge in [-0.2, -0.15) is 13.1 Å². The highest BCUT2D eigenvalue weighted by Crippen LogP contribution is 2.47. The smallest absolute Gasteiger partial charge is 0.301 e. The second-order valence-corrected chi connectivity index (χ2v) is 9.10. The van der Waals surface area contributed by atoms with Crippen molar-refractivity contribution < 1.29 is 23.0 Å². The van der Waals surface area contributed by atoms with Crippen molar-refractivity contribution in [2.45, 2.75) is 13.0 Å². The summed E-state index contributed by atoms with van der Waals surface area (Å²) >= 11 is 0. The second kappa shape index (κ2) is 7.10. The highest BCUT2D eigenvalue weighted by atomic mass is 32.2. The van der Waals surface area contributed by atoms with Gasteiger partial charge in [0.2, 0.25) is 5.88 Å². The Morgan fingerprint density at radius 2 is 1.90 bits per heavy atom. The zero-order valence-corrected chi connectivity index (χ0v) is 17.1. The number of benzene rings is 2. The molecule has 0 spiro atoms. The maximum atomic E-state index is 13.3. The van der Waals surface area contributed by atoms with Gasteiger partial charge in [0, 0.05) is 36.3 Å². The minimum absolute atomic E-state index is 0.115. The molecule has 0 unspecified atom stereocenters. The van der Waals surface area contributed by atoms with Crippen molar-refractivity contribution in [1.82, 2.24) is 14.3 Å². The third kappa shape index (κ3) is 3.15. The van der Waals surface area contributed by atoms with Crippen LogP contribution in [0, 0.1) is 5.82 Å². The third-order valence-electron chi connectivity index (χ3n) is 5.46. The van der Waals surface area contributed by atoms with Crippen molar-refractivity contribution in [3.8, 4) is 11.6 Å². The number of phenolic OH excluding ortho intramolecular Hbond substituents is 1. The lowest BCUT2D eigenvalue weighted by Crippen LogP contribution is -2.47. The average molecular weight is 442 g/mol. The summed E-state index contributed by atoms with van der Waals surface area (Å²) in [4.78, 5) is 4.22. The van der Waals surface area contributed by atoms with Crippen LogP contribution < -0.4 is 9.03 Å². The lowest BCUT2D eigenvalue weighted by Gasteiger charge is -2.30. The number of aromatic nitrogens is 2. The van der Waals surface area contributed by atoms with Gasteiger partial charge in [-0.25, -0.2) is 4.39 Å². The largest absolute Gasteiger partial charge is 0.505 e. The Morgan fingerprint density at radius 3 is 2.65 bits per heavy atom. The molecule has 2 aromatic carbocycles. The summed E-state index contributed by atoms with van der Waals surface area (Å²) in [5, 5.41) is 22.8. The van der Waals surface area contributed by atoms with E-state index in [1.165, 1.54) is 27.2 Å². The van der Waals surface area contributed by atoms with Crippen molar-refractivity contribution in [2.24, 2.45) is 0 Å². The number of rotatable bonds is 3. The van der Waals surface area contributed by atoms with E-state index in [9.17, 15) is 23.0 Å². The molecule has 0 atom stereocenters. The number of nitrogens with one attached hydrogen (secondary N) is 1. The Kier molecular flexibility index (Phi) is 4.49. The van der Waals surface area contributed by atoms with Crippen LogP contribution in [-0.2, 0) is 16.8 Å². The molecule has 10 heteroatoms. The maximum Gasteiger partial charge on any atom is 0.301 e. The molecule has 8 nitrogen and oxygen atoms in total. The first-order valence-corrected chi connectivity index (χ1v) is 11.1. The first-order chi connectivity index (χ1) is 14.9. The predicted octanol–water partition coefficient (Wildman–Crippen LogP) is 2.83. The molecule has 0 aliphatic carbocycles. The molecule has 0 bridgehead atoms. The summed E-state index contributed by atoms with van der Waals surface area (Å²) in [6.07, 6.45) is 3.69. The van der Waals surface area contributed by atoms with Gasteiger partial charge in [0.25, 0.3) is 0 Å². The lowest BCUT2D eigenvalue weighted by atomic mass is 10.1. The molecule has 160 valence electrons. The van der Waals surface area contributed by atoms with Crippen LogP contribution in [-0.4, -0.2) is 41.3 Å². The van der Waals surface area contributed by atoms with E-state index < -0.39 is 10.2 Å². The van der Waals surface area contributed by atoms with Crippen LogP contribution in [0.4, 0.5) is 10.1 Å². The van der Waals surface area contributed by atoms with Crippen LogP contribution in [0.2, 0.25) is 0 Å². The summed E-state index contributed by atoms with van der Waals surface area (Å²) in [7, 11) is -3.80. The number of hydrogen-bond acceptors (Lipinski definition) is 5. The molecule has 1 aliphatic heterocycles. The van der Waals surface area contributed by atoms with Gasteiger partial charge < -0.3 is 14.8 Å². The Bertz CT molecular complexity index is 1420. The van der Waals surface area contributed by atoms with Crippen molar-refractivity contribution in [3.63, 3.8) is 0 Å². The number of halogens is 1. The van der Waals surface area contributed by atoms with Gasteiger partial charge in [-0.05, 0) is 36.2 Å². The zero-order chi connectivity index (χ0) is 21.8. The fraction of sp³-hybridized carbons (Fsp3) is 0.190. The topological polar surface area (TPSA) is 108 Å².